The van der Waals surface area contributed by atoms with E-state index >= 15 is 0 Å². The van der Waals surface area contributed by atoms with Gasteiger partial charge in [0.25, 0.3) is 5.91 Å². The van der Waals surface area contributed by atoms with Crippen molar-refractivity contribution in [2.45, 2.75) is 13.0 Å². The molecule has 23 heavy (non-hydrogen) atoms. The van der Waals surface area contributed by atoms with Gasteiger partial charge in [-0.25, -0.2) is 4.79 Å². The van der Waals surface area contributed by atoms with E-state index in [0.717, 1.165) is 4.88 Å². The molecule has 1 heterocycles. The number of hydrogen-bond acceptors (Lipinski definition) is 3. The van der Waals surface area contributed by atoms with Crippen molar-refractivity contribution >= 4 is 69.6 Å². The van der Waals surface area contributed by atoms with E-state index in [-0.39, 0.29) is 31.7 Å². The molecule has 122 valence electrons. The molecule has 9 heteroatoms. The van der Waals surface area contributed by atoms with Crippen molar-refractivity contribution < 1.29 is 14.7 Å². The number of hydrogen-bond donors (Lipinski definition) is 2. The summed E-state index contributed by atoms with van der Waals surface area (Å²) in [4.78, 5) is 24.9. The topological polar surface area (TPSA) is 66.4 Å². The molecule has 2 rings (SSSR count). The van der Waals surface area contributed by atoms with Crippen LogP contribution in [-0.4, -0.2) is 17.0 Å². The lowest BCUT2D eigenvalue weighted by molar-refractivity contribution is 0.0691. The van der Waals surface area contributed by atoms with E-state index in [9.17, 15) is 14.7 Å². The van der Waals surface area contributed by atoms with Gasteiger partial charge < -0.3 is 10.4 Å². The quantitative estimate of drug-likeness (QED) is 0.510. The Kier molecular flexibility index (Phi) is 5.81. The summed E-state index contributed by atoms with van der Waals surface area (Å²) in [5.41, 5.74) is -0.802. The molecule has 0 saturated heterocycles. The van der Waals surface area contributed by atoms with Gasteiger partial charge in [-0.3, -0.25) is 4.79 Å². The number of benzene rings is 1. The largest absolute Gasteiger partial charge is 0.478 e. The van der Waals surface area contributed by atoms with Gasteiger partial charge >= 0.3 is 5.97 Å². The molecule has 1 aromatic heterocycles. The highest BCUT2D eigenvalue weighted by molar-refractivity contribution is 7.10. The normalized spacial score (nSPS) is 12.0. The number of carboxylic acid groups (broad SMARTS) is 1. The number of carboxylic acids is 1. The molecule has 2 N–H and O–H groups in total. The number of rotatable bonds is 4. The summed E-state index contributed by atoms with van der Waals surface area (Å²) in [6, 6.07) is 3.35. The van der Waals surface area contributed by atoms with E-state index in [1.807, 2.05) is 17.5 Å². The Morgan fingerprint density at radius 1 is 1.09 bits per heavy atom. The highest BCUT2D eigenvalue weighted by Gasteiger charge is 2.29. The van der Waals surface area contributed by atoms with Crippen LogP contribution in [0.4, 0.5) is 0 Å². The summed E-state index contributed by atoms with van der Waals surface area (Å²) >= 11 is 25.2. The van der Waals surface area contributed by atoms with Gasteiger partial charge in [0, 0.05) is 4.88 Å². The molecular formula is C14H9Cl4NO3S. The minimum Gasteiger partial charge on any atom is -0.478 e. The van der Waals surface area contributed by atoms with Gasteiger partial charge in [-0.2, -0.15) is 0 Å². The van der Waals surface area contributed by atoms with E-state index in [1.165, 1.54) is 11.3 Å². The molecule has 2 aromatic rings. The van der Waals surface area contributed by atoms with Crippen LogP contribution in [0.5, 0.6) is 0 Å². The van der Waals surface area contributed by atoms with Crippen LogP contribution in [0.15, 0.2) is 17.5 Å². The summed E-state index contributed by atoms with van der Waals surface area (Å²) in [7, 11) is 0. The maximum atomic E-state index is 12.5. The van der Waals surface area contributed by atoms with Crippen LogP contribution in [0, 0.1) is 0 Å². The molecule has 1 aromatic carbocycles. The first-order chi connectivity index (χ1) is 10.8. The third-order valence-corrected chi connectivity index (χ3v) is 5.88. The molecule has 1 amide bonds. The number of thiophene rings is 1. The molecule has 0 aliphatic heterocycles. The lowest BCUT2D eigenvalue weighted by Crippen LogP contribution is -2.28. The molecule has 0 aliphatic carbocycles. The first kappa shape index (κ1) is 18.4. The zero-order valence-corrected chi connectivity index (χ0v) is 15.3. The average molecular weight is 413 g/mol. The van der Waals surface area contributed by atoms with Crippen LogP contribution in [-0.2, 0) is 0 Å². The molecule has 0 bridgehead atoms. The van der Waals surface area contributed by atoms with Crippen molar-refractivity contribution in [3.8, 4) is 0 Å². The van der Waals surface area contributed by atoms with Crippen molar-refractivity contribution in [1.82, 2.24) is 5.32 Å². The molecule has 1 atom stereocenters. The van der Waals surface area contributed by atoms with Gasteiger partial charge in [-0.1, -0.05) is 52.5 Å². The SMILES string of the molecule is C[C@@H](NC(=O)c1c(Cl)c(Cl)c(Cl)c(Cl)c1C(=O)O)c1cccs1. The maximum Gasteiger partial charge on any atom is 0.338 e. The highest BCUT2D eigenvalue weighted by Crippen LogP contribution is 2.41. The first-order valence-electron chi connectivity index (χ1n) is 6.19. The van der Waals surface area contributed by atoms with Gasteiger partial charge in [0.15, 0.2) is 0 Å². The van der Waals surface area contributed by atoms with Crippen LogP contribution in [0.2, 0.25) is 20.1 Å². The van der Waals surface area contributed by atoms with Crippen molar-refractivity contribution in [2.24, 2.45) is 0 Å². The van der Waals surface area contributed by atoms with Crippen LogP contribution in [0.3, 0.4) is 0 Å². The molecule has 0 spiro atoms. The Hall–Kier alpha value is -0.980. The van der Waals surface area contributed by atoms with E-state index in [2.05, 4.69) is 5.32 Å². The lowest BCUT2D eigenvalue weighted by Gasteiger charge is -2.16. The fourth-order valence-electron chi connectivity index (χ4n) is 1.92. The maximum absolute atomic E-state index is 12.5. The van der Waals surface area contributed by atoms with Crippen LogP contribution < -0.4 is 5.32 Å². The zero-order chi connectivity index (χ0) is 17.3. The van der Waals surface area contributed by atoms with E-state index in [1.54, 1.807) is 6.92 Å². The van der Waals surface area contributed by atoms with Gasteiger partial charge in [0.2, 0.25) is 0 Å². The molecular weight excluding hydrogens is 404 g/mol. The molecule has 0 unspecified atom stereocenters. The van der Waals surface area contributed by atoms with Gasteiger partial charge in [0.1, 0.15) is 0 Å². The van der Waals surface area contributed by atoms with Crippen molar-refractivity contribution in [3.63, 3.8) is 0 Å². The zero-order valence-electron chi connectivity index (χ0n) is 11.5. The number of nitrogens with one attached hydrogen (secondary N) is 1. The highest BCUT2D eigenvalue weighted by atomic mass is 35.5. The number of carbonyl (C=O) groups is 2. The number of halogens is 4. The molecule has 0 radical (unpaired) electrons. The van der Waals surface area contributed by atoms with Crippen molar-refractivity contribution in [2.75, 3.05) is 0 Å². The monoisotopic (exact) mass is 411 g/mol. The van der Waals surface area contributed by atoms with Crippen LogP contribution >= 0.6 is 57.7 Å². The Morgan fingerprint density at radius 2 is 1.65 bits per heavy atom. The summed E-state index contributed by atoms with van der Waals surface area (Å²) in [5, 5.41) is 12.9. The predicted octanol–water partition coefficient (Wildman–Crippen LogP) is 5.55. The predicted molar refractivity (Wildman–Crippen MR) is 93.6 cm³/mol. The van der Waals surface area contributed by atoms with Crippen LogP contribution in [0.25, 0.3) is 0 Å². The number of aromatic carboxylic acids is 1. The second-order valence-electron chi connectivity index (χ2n) is 4.52. The van der Waals surface area contributed by atoms with Gasteiger partial charge in [0.05, 0.1) is 37.3 Å². The van der Waals surface area contributed by atoms with Crippen molar-refractivity contribution in [3.05, 3.63) is 53.6 Å². The average Bonchev–Trinajstić information content (AvgIpc) is 3.02. The lowest BCUT2D eigenvalue weighted by atomic mass is 10.1. The molecule has 0 aliphatic rings. The van der Waals surface area contributed by atoms with Crippen molar-refractivity contribution in [1.29, 1.82) is 0 Å². The Morgan fingerprint density at radius 3 is 2.13 bits per heavy atom. The third-order valence-electron chi connectivity index (χ3n) is 3.03. The van der Waals surface area contributed by atoms with Crippen LogP contribution in [0.1, 0.15) is 38.6 Å². The standard InChI is InChI=1S/C14H9Cl4NO3S/c1-5(6-3-2-4-23-6)19-13(20)7-8(14(21)22)10(16)12(18)11(17)9(7)15/h2-5H,1H3,(H,19,20)(H,21,22)/t5-/m1/s1. The molecule has 0 fully saturated rings. The molecule has 4 nitrogen and oxygen atoms in total. The number of amides is 1. The first-order valence-corrected chi connectivity index (χ1v) is 8.58. The van der Waals surface area contributed by atoms with E-state index < -0.39 is 17.4 Å². The van der Waals surface area contributed by atoms with E-state index in [0.29, 0.717) is 0 Å². The fraction of sp³-hybridized carbons (Fsp3) is 0.143. The Bertz CT molecular complexity index is 777. The number of carbonyl (C=O) groups excluding carboxylic acids is 1. The summed E-state index contributed by atoms with van der Waals surface area (Å²) in [6.07, 6.45) is 0. The smallest absolute Gasteiger partial charge is 0.338 e. The summed E-state index contributed by atoms with van der Waals surface area (Å²) < 4.78 is 0. The second kappa shape index (κ2) is 7.28. The minimum atomic E-state index is -1.43. The van der Waals surface area contributed by atoms with Gasteiger partial charge in [-0.15, -0.1) is 11.3 Å². The minimum absolute atomic E-state index is 0.169. The summed E-state index contributed by atoms with van der Waals surface area (Å²) in [6.45, 7) is 1.76. The fourth-order valence-corrected chi connectivity index (χ4v) is 3.68. The molecule has 0 saturated carbocycles. The van der Waals surface area contributed by atoms with E-state index in [4.69, 9.17) is 46.4 Å². The second-order valence-corrected chi connectivity index (χ2v) is 7.01. The van der Waals surface area contributed by atoms with Gasteiger partial charge in [-0.05, 0) is 18.4 Å². The Labute approximate surface area is 155 Å². The summed E-state index contributed by atoms with van der Waals surface area (Å²) in [5.74, 6) is -2.13. The third kappa shape index (κ3) is 3.59. The Balaban J connectivity index is 2.49.